The summed E-state index contributed by atoms with van der Waals surface area (Å²) in [5.74, 6) is 0.499. The number of hydrogen-bond acceptors (Lipinski definition) is 4. The Morgan fingerprint density at radius 1 is 1.44 bits per heavy atom. The van der Waals surface area contributed by atoms with Gasteiger partial charge in [-0.05, 0) is 18.6 Å². The van der Waals surface area contributed by atoms with Gasteiger partial charge < -0.3 is 4.42 Å². The van der Waals surface area contributed by atoms with Crippen LogP contribution in [-0.2, 0) is 16.4 Å². The van der Waals surface area contributed by atoms with Crippen LogP contribution in [0.4, 0.5) is 0 Å². The highest BCUT2D eigenvalue weighted by molar-refractivity contribution is 7.89. The summed E-state index contributed by atoms with van der Waals surface area (Å²) in [7, 11) is -3.93. The molecule has 98 valence electrons. The maximum absolute atomic E-state index is 11.5. The third-order valence-corrected chi connectivity index (χ3v) is 3.94. The van der Waals surface area contributed by atoms with Crippen molar-refractivity contribution in [3.05, 3.63) is 23.0 Å². The number of primary sulfonamides is 1. The Balaban J connectivity index is 2.62. The van der Waals surface area contributed by atoms with Gasteiger partial charge >= 0.3 is 0 Å². The van der Waals surface area contributed by atoms with E-state index >= 15 is 0 Å². The quantitative estimate of drug-likeness (QED) is 0.936. The minimum Gasteiger partial charge on any atom is -0.439 e. The Hall–Kier alpha value is -1.11. The van der Waals surface area contributed by atoms with Crippen molar-refractivity contribution >= 4 is 32.7 Å². The van der Waals surface area contributed by atoms with Crippen LogP contribution in [0.5, 0.6) is 0 Å². The second kappa shape index (κ2) is 4.87. The standard InChI is InChI=1S/C11H13ClN2O3S/c1-2-3-4-9-14-8-6-5-7(12)11(10(8)17-9)18(13,15)16/h5-6H,2-4H2,1H3,(H2,13,15,16). The van der Waals surface area contributed by atoms with Crippen molar-refractivity contribution in [1.82, 2.24) is 4.98 Å². The van der Waals surface area contributed by atoms with Gasteiger partial charge in [0.15, 0.2) is 11.5 Å². The maximum Gasteiger partial charge on any atom is 0.243 e. The first-order valence-electron chi connectivity index (χ1n) is 5.54. The number of benzene rings is 1. The Morgan fingerprint density at radius 3 is 2.78 bits per heavy atom. The third kappa shape index (κ3) is 2.50. The van der Waals surface area contributed by atoms with Gasteiger partial charge in [0.1, 0.15) is 10.4 Å². The maximum atomic E-state index is 11.5. The monoisotopic (exact) mass is 288 g/mol. The first-order valence-corrected chi connectivity index (χ1v) is 7.46. The second-order valence-electron chi connectivity index (χ2n) is 3.98. The molecule has 0 unspecified atom stereocenters. The molecule has 0 aliphatic carbocycles. The summed E-state index contributed by atoms with van der Waals surface area (Å²) in [6.07, 6.45) is 2.58. The molecule has 7 heteroatoms. The minimum atomic E-state index is -3.93. The number of unbranched alkanes of at least 4 members (excludes halogenated alkanes) is 1. The molecule has 2 rings (SSSR count). The molecule has 0 aliphatic heterocycles. The van der Waals surface area contributed by atoms with Gasteiger partial charge in [-0.3, -0.25) is 0 Å². The Kier molecular flexibility index (Phi) is 3.61. The third-order valence-electron chi connectivity index (χ3n) is 2.54. The van der Waals surface area contributed by atoms with E-state index in [1.165, 1.54) is 6.07 Å². The lowest BCUT2D eigenvalue weighted by Crippen LogP contribution is -2.13. The van der Waals surface area contributed by atoms with Crippen molar-refractivity contribution in [2.24, 2.45) is 5.14 Å². The van der Waals surface area contributed by atoms with Crippen molar-refractivity contribution in [2.45, 2.75) is 31.1 Å². The van der Waals surface area contributed by atoms with E-state index in [1.807, 2.05) is 0 Å². The molecule has 0 radical (unpaired) electrons. The molecule has 5 nitrogen and oxygen atoms in total. The first-order chi connectivity index (χ1) is 8.43. The Morgan fingerprint density at radius 2 is 2.17 bits per heavy atom. The highest BCUT2D eigenvalue weighted by Gasteiger charge is 2.21. The van der Waals surface area contributed by atoms with Crippen molar-refractivity contribution in [3.8, 4) is 0 Å². The van der Waals surface area contributed by atoms with E-state index in [9.17, 15) is 8.42 Å². The summed E-state index contributed by atoms with van der Waals surface area (Å²) >= 11 is 5.85. The van der Waals surface area contributed by atoms with Crippen LogP contribution in [0.25, 0.3) is 11.1 Å². The minimum absolute atomic E-state index is 0.0446. The molecule has 0 aliphatic rings. The van der Waals surface area contributed by atoms with E-state index in [0.29, 0.717) is 17.8 Å². The summed E-state index contributed by atoms with van der Waals surface area (Å²) in [5, 5.41) is 5.18. The number of sulfonamides is 1. The lowest BCUT2D eigenvalue weighted by Gasteiger charge is -2.00. The molecule has 2 aromatic rings. The average Bonchev–Trinajstić information content (AvgIpc) is 2.66. The van der Waals surface area contributed by atoms with Gasteiger partial charge in [0.25, 0.3) is 0 Å². The zero-order valence-electron chi connectivity index (χ0n) is 9.81. The van der Waals surface area contributed by atoms with Crippen molar-refractivity contribution in [3.63, 3.8) is 0 Å². The normalized spacial score (nSPS) is 12.2. The Bertz CT molecular complexity index is 679. The molecule has 0 saturated carbocycles. The molecule has 18 heavy (non-hydrogen) atoms. The first kappa shape index (κ1) is 13.3. The summed E-state index contributed by atoms with van der Waals surface area (Å²) in [6.45, 7) is 2.05. The molecular weight excluding hydrogens is 276 g/mol. The molecule has 0 spiro atoms. The molecule has 1 heterocycles. The van der Waals surface area contributed by atoms with Crippen molar-refractivity contribution < 1.29 is 12.8 Å². The van der Waals surface area contributed by atoms with E-state index in [2.05, 4.69) is 11.9 Å². The second-order valence-corrected chi connectivity index (χ2v) is 5.89. The SMILES string of the molecule is CCCCc1nc2ccc(Cl)c(S(N)(=O)=O)c2o1. The van der Waals surface area contributed by atoms with Gasteiger partial charge in [-0.2, -0.15) is 0 Å². The van der Waals surface area contributed by atoms with Crippen molar-refractivity contribution in [2.75, 3.05) is 0 Å². The van der Waals surface area contributed by atoms with Crippen LogP contribution in [0, 0.1) is 0 Å². The topological polar surface area (TPSA) is 86.2 Å². The van der Waals surface area contributed by atoms with Crippen LogP contribution in [0.2, 0.25) is 5.02 Å². The summed E-state index contributed by atoms with van der Waals surface area (Å²) in [4.78, 5) is 4.02. The molecule has 0 fully saturated rings. The van der Waals surface area contributed by atoms with Crippen LogP contribution in [-0.4, -0.2) is 13.4 Å². The summed E-state index contributed by atoms with van der Waals surface area (Å²) in [6, 6.07) is 3.07. The number of nitrogens with two attached hydrogens (primary N) is 1. The van der Waals surface area contributed by atoms with Crippen LogP contribution in [0.3, 0.4) is 0 Å². The fourth-order valence-corrected chi connectivity index (χ4v) is 2.91. The van der Waals surface area contributed by atoms with Crippen LogP contribution in [0.1, 0.15) is 25.7 Å². The number of aromatic nitrogens is 1. The molecular formula is C11H13ClN2O3S. The highest BCUT2D eigenvalue weighted by atomic mass is 35.5. The molecule has 0 bridgehead atoms. The predicted octanol–water partition coefficient (Wildman–Crippen LogP) is 2.47. The van der Waals surface area contributed by atoms with E-state index in [4.69, 9.17) is 21.2 Å². The van der Waals surface area contributed by atoms with E-state index < -0.39 is 10.0 Å². The summed E-state index contributed by atoms with van der Waals surface area (Å²) in [5.41, 5.74) is 0.589. The number of hydrogen-bond donors (Lipinski definition) is 1. The molecule has 0 amide bonds. The van der Waals surface area contributed by atoms with E-state index in [-0.39, 0.29) is 15.5 Å². The number of fused-ring (bicyclic) bond motifs is 1. The van der Waals surface area contributed by atoms with Gasteiger partial charge in [0.05, 0.1) is 5.02 Å². The van der Waals surface area contributed by atoms with Crippen LogP contribution >= 0.6 is 11.6 Å². The number of rotatable bonds is 4. The average molecular weight is 289 g/mol. The van der Waals surface area contributed by atoms with Gasteiger partial charge in [0, 0.05) is 6.42 Å². The lowest BCUT2D eigenvalue weighted by atomic mass is 10.2. The molecule has 0 atom stereocenters. The van der Waals surface area contributed by atoms with Gasteiger partial charge in [0.2, 0.25) is 10.0 Å². The van der Waals surface area contributed by atoms with Gasteiger partial charge in [-0.25, -0.2) is 18.5 Å². The number of oxazole rings is 1. The molecule has 0 saturated heterocycles. The highest BCUT2D eigenvalue weighted by Crippen LogP contribution is 2.30. The predicted molar refractivity (Wildman–Crippen MR) is 69.0 cm³/mol. The fourth-order valence-electron chi connectivity index (χ4n) is 1.69. The number of aryl methyl sites for hydroxylation is 1. The zero-order valence-corrected chi connectivity index (χ0v) is 11.4. The Labute approximate surface area is 110 Å². The largest absolute Gasteiger partial charge is 0.439 e. The molecule has 2 N–H and O–H groups in total. The molecule has 1 aromatic carbocycles. The van der Waals surface area contributed by atoms with Gasteiger partial charge in [-0.15, -0.1) is 0 Å². The number of nitrogens with zero attached hydrogens (tertiary/aromatic N) is 1. The van der Waals surface area contributed by atoms with E-state index in [1.54, 1.807) is 6.07 Å². The number of halogens is 1. The van der Waals surface area contributed by atoms with Gasteiger partial charge in [-0.1, -0.05) is 24.9 Å². The zero-order chi connectivity index (χ0) is 13.3. The lowest BCUT2D eigenvalue weighted by molar-refractivity contribution is 0.511. The molecule has 1 aromatic heterocycles. The van der Waals surface area contributed by atoms with E-state index in [0.717, 1.165) is 12.8 Å². The van der Waals surface area contributed by atoms with Crippen LogP contribution in [0.15, 0.2) is 21.4 Å². The van der Waals surface area contributed by atoms with Crippen molar-refractivity contribution in [1.29, 1.82) is 0 Å². The smallest absolute Gasteiger partial charge is 0.243 e. The fraction of sp³-hybridized carbons (Fsp3) is 0.364. The van der Waals surface area contributed by atoms with Crippen LogP contribution < -0.4 is 5.14 Å². The summed E-state index contributed by atoms with van der Waals surface area (Å²) < 4.78 is 28.4.